The number of aromatic nitrogens is 3. The molecule has 4 heteroatoms. The van der Waals surface area contributed by atoms with Gasteiger partial charge in [0.05, 0.1) is 23.8 Å². The van der Waals surface area contributed by atoms with Crippen LogP contribution in [0.3, 0.4) is 0 Å². The molecule has 0 fully saturated rings. The Morgan fingerprint density at radius 2 is 1.94 bits per heavy atom. The largest absolute Gasteiger partial charge is 0.497 e. The summed E-state index contributed by atoms with van der Waals surface area (Å²) in [6.07, 6.45) is 5.34. The average molecular weight is 225 g/mol. The van der Waals surface area contributed by atoms with Gasteiger partial charge in [-0.25, -0.2) is 4.98 Å². The molecule has 0 amide bonds. The van der Waals surface area contributed by atoms with Crippen molar-refractivity contribution < 1.29 is 4.74 Å². The van der Waals surface area contributed by atoms with E-state index in [1.54, 1.807) is 25.8 Å². The molecular formula is C13H11N3O. The number of methoxy groups -OCH3 is 1. The predicted octanol–water partition coefficient (Wildman–Crippen LogP) is 2.43. The Balaban J connectivity index is 2.23. The van der Waals surface area contributed by atoms with Gasteiger partial charge < -0.3 is 4.74 Å². The molecule has 84 valence electrons. The maximum atomic E-state index is 5.23. The molecule has 1 aromatic carbocycles. The molecule has 17 heavy (non-hydrogen) atoms. The van der Waals surface area contributed by atoms with E-state index in [9.17, 15) is 0 Å². The summed E-state index contributed by atoms with van der Waals surface area (Å²) in [5.41, 5.74) is 3.01. The molecule has 0 unspecified atom stereocenters. The van der Waals surface area contributed by atoms with E-state index < -0.39 is 0 Å². The molecule has 0 bridgehead atoms. The molecule has 0 aliphatic carbocycles. The van der Waals surface area contributed by atoms with Crippen molar-refractivity contribution >= 4 is 11.0 Å². The number of ether oxygens (including phenoxy) is 1. The Morgan fingerprint density at radius 3 is 2.71 bits per heavy atom. The molecule has 3 aromatic rings. The molecular weight excluding hydrogens is 214 g/mol. The van der Waals surface area contributed by atoms with Crippen LogP contribution in [0.1, 0.15) is 0 Å². The minimum Gasteiger partial charge on any atom is -0.497 e. The minimum atomic E-state index is 0.827. The van der Waals surface area contributed by atoms with Gasteiger partial charge in [0.1, 0.15) is 12.1 Å². The molecule has 2 aromatic heterocycles. The van der Waals surface area contributed by atoms with Crippen molar-refractivity contribution in [3.8, 4) is 11.4 Å². The molecule has 0 N–H and O–H groups in total. The SMILES string of the molecule is COc1ccc2ncn(-c3ccncc3)c2c1. The zero-order chi connectivity index (χ0) is 11.7. The number of benzene rings is 1. The Morgan fingerprint density at radius 1 is 1.12 bits per heavy atom. The molecule has 0 saturated carbocycles. The second kappa shape index (κ2) is 3.90. The average Bonchev–Trinajstić information content (AvgIpc) is 2.82. The van der Waals surface area contributed by atoms with Gasteiger partial charge >= 0.3 is 0 Å². The van der Waals surface area contributed by atoms with Crippen molar-refractivity contribution in [1.29, 1.82) is 0 Å². The Bertz CT molecular complexity index is 646. The van der Waals surface area contributed by atoms with Gasteiger partial charge in [-0.2, -0.15) is 0 Å². The second-order valence-corrected chi connectivity index (χ2v) is 3.67. The van der Waals surface area contributed by atoms with Crippen molar-refractivity contribution in [3.63, 3.8) is 0 Å². The Labute approximate surface area is 98.5 Å². The number of fused-ring (bicyclic) bond motifs is 1. The molecule has 4 nitrogen and oxygen atoms in total. The summed E-state index contributed by atoms with van der Waals surface area (Å²) in [5.74, 6) is 0.827. The monoisotopic (exact) mass is 225 g/mol. The second-order valence-electron chi connectivity index (χ2n) is 3.67. The highest BCUT2D eigenvalue weighted by Crippen LogP contribution is 2.22. The van der Waals surface area contributed by atoms with Crippen LogP contribution < -0.4 is 4.74 Å². The van der Waals surface area contributed by atoms with Crippen molar-refractivity contribution in [2.24, 2.45) is 0 Å². The zero-order valence-corrected chi connectivity index (χ0v) is 9.37. The van der Waals surface area contributed by atoms with Crippen molar-refractivity contribution in [1.82, 2.24) is 14.5 Å². The first-order chi connectivity index (χ1) is 8.38. The topological polar surface area (TPSA) is 39.9 Å². The highest BCUT2D eigenvalue weighted by molar-refractivity contribution is 5.78. The molecule has 0 saturated heterocycles. The van der Waals surface area contributed by atoms with Crippen molar-refractivity contribution in [2.45, 2.75) is 0 Å². The lowest BCUT2D eigenvalue weighted by molar-refractivity contribution is 0.415. The maximum absolute atomic E-state index is 5.23. The van der Waals surface area contributed by atoms with Crippen LogP contribution in [0.15, 0.2) is 49.1 Å². The number of hydrogen-bond acceptors (Lipinski definition) is 3. The number of imidazole rings is 1. The summed E-state index contributed by atoms with van der Waals surface area (Å²) in [6, 6.07) is 9.72. The summed E-state index contributed by atoms with van der Waals surface area (Å²) in [5, 5.41) is 0. The van der Waals surface area contributed by atoms with Gasteiger partial charge in [0.2, 0.25) is 0 Å². The first kappa shape index (κ1) is 9.84. The van der Waals surface area contributed by atoms with Gasteiger partial charge in [0, 0.05) is 18.5 Å². The molecule has 0 spiro atoms. The fourth-order valence-corrected chi connectivity index (χ4v) is 1.82. The quantitative estimate of drug-likeness (QED) is 0.672. The third kappa shape index (κ3) is 1.63. The van der Waals surface area contributed by atoms with Gasteiger partial charge in [-0.15, -0.1) is 0 Å². The lowest BCUT2D eigenvalue weighted by atomic mass is 10.3. The normalized spacial score (nSPS) is 10.6. The summed E-state index contributed by atoms with van der Waals surface area (Å²) >= 11 is 0. The third-order valence-electron chi connectivity index (χ3n) is 2.70. The van der Waals surface area contributed by atoms with E-state index in [1.165, 1.54) is 0 Å². The van der Waals surface area contributed by atoms with E-state index in [1.807, 2.05) is 34.9 Å². The van der Waals surface area contributed by atoms with Crippen LogP contribution in [0, 0.1) is 0 Å². The minimum absolute atomic E-state index is 0.827. The molecule has 2 heterocycles. The fraction of sp³-hybridized carbons (Fsp3) is 0.0769. The molecule has 0 aliphatic rings. The van der Waals surface area contributed by atoms with E-state index in [-0.39, 0.29) is 0 Å². The summed E-state index contributed by atoms with van der Waals surface area (Å²) < 4.78 is 7.24. The van der Waals surface area contributed by atoms with E-state index in [2.05, 4.69) is 9.97 Å². The van der Waals surface area contributed by atoms with Crippen LogP contribution in [0.2, 0.25) is 0 Å². The predicted molar refractivity (Wildman–Crippen MR) is 65.4 cm³/mol. The van der Waals surface area contributed by atoms with E-state index in [4.69, 9.17) is 4.74 Å². The van der Waals surface area contributed by atoms with Gasteiger partial charge in [-0.1, -0.05) is 0 Å². The lowest BCUT2D eigenvalue weighted by Crippen LogP contribution is -1.92. The van der Waals surface area contributed by atoms with Gasteiger partial charge in [-0.05, 0) is 24.3 Å². The number of pyridine rings is 1. The van der Waals surface area contributed by atoms with Crippen molar-refractivity contribution in [2.75, 3.05) is 7.11 Å². The molecule has 0 atom stereocenters. The molecule has 0 aliphatic heterocycles. The van der Waals surface area contributed by atoms with Crippen LogP contribution in [0.4, 0.5) is 0 Å². The molecule has 3 rings (SSSR count). The zero-order valence-electron chi connectivity index (χ0n) is 9.37. The van der Waals surface area contributed by atoms with E-state index >= 15 is 0 Å². The summed E-state index contributed by atoms with van der Waals surface area (Å²) in [7, 11) is 1.66. The summed E-state index contributed by atoms with van der Waals surface area (Å²) in [4.78, 5) is 8.37. The van der Waals surface area contributed by atoms with Gasteiger partial charge in [0.25, 0.3) is 0 Å². The van der Waals surface area contributed by atoms with Crippen LogP contribution in [-0.4, -0.2) is 21.6 Å². The maximum Gasteiger partial charge on any atom is 0.121 e. The van der Waals surface area contributed by atoms with E-state index in [0.29, 0.717) is 0 Å². The van der Waals surface area contributed by atoms with Gasteiger partial charge in [-0.3, -0.25) is 9.55 Å². The van der Waals surface area contributed by atoms with Crippen LogP contribution in [0.5, 0.6) is 5.75 Å². The third-order valence-corrected chi connectivity index (χ3v) is 2.70. The number of nitrogens with zero attached hydrogens (tertiary/aromatic N) is 3. The molecule has 0 radical (unpaired) electrons. The summed E-state index contributed by atoms with van der Waals surface area (Å²) in [6.45, 7) is 0. The number of rotatable bonds is 2. The first-order valence-electron chi connectivity index (χ1n) is 5.30. The van der Waals surface area contributed by atoms with Crippen LogP contribution >= 0.6 is 0 Å². The van der Waals surface area contributed by atoms with Crippen LogP contribution in [0.25, 0.3) is 16.7 Å². The highest BCUT2D eigenvalue weighted by atomic mass is 16.5. The smallest absolute Gasteiger partial charge is 0.121 e. The fourth-order valence-electron chi connectivity index (χ4n) is 1.82. The lowest BCUT2D eigenvalue weighted by Gasteiger charge is -2.04. The number of hydrogen-bond donors (Lipinski definition) is 0. The Kier molecular flexibility index (Phi) is 2.26. The first-order valence-corrected chi connectivity index (χ1v) is 5.30. The van der Waals surface area contributed by atoms with Crippen LogP contribution in [-0.2, 0) is 0 Å². The Hall–Kier alpha value is -2.36. The van der Waals surface area contributed by atoms with Gasteiger partial charge in [0.15, 0.2) is 0 Å². The van der Waals surface area contributed by atoms with Crippen molar-refractivity contribution in [3.05, 3.63) is 49.1 Å². The standard InChI is InChI=1S/C13H11N3O/c1-17-11-2-3-12-13(8-11)16(9-15-12)10-4-6-14-7-5-10/h2-9H,1H3. The van der Waals surface area contributed by atoms with E-state index in [0.717, 1.165) is 22.5 Å². The highest BCUT2D eigenvalue weighted by Gasteiger charge is 2.05.